The SMILES string of the molecule is c1ccc(-c2ccc(-c3nc4ccc5ccc6ccc(N(c7ccc8c(c7)oc7ccccc78)c7ccc8c(c7)oc7ccccc78)cc6c5c4s3)cc2)cc1. The van der Waals surface area contributed by atoms with Crippen molar-refractivity contribution in [3.05, 3.63) is 182 Å². The molecule has 0 fully saturated rings. The molecule has 0 bridgehead atoms. The molecule has 9 aromatic carbocycles. The summed E-state index contributed by atoms with van der Waals surface area (Å²) < 4.78 is 14.0. The maximum atomic E-state index is 6.42. The fourth-order valence-corrected chi connectivity index (χ4v) is 9.50. The van der Waals surface area contributed by atoms with Gasteiger partial charge in [-0.3, -0.25) is 0 Å². The molecule has 0 unspecified atom stereocenters. The van der Waals surface area contributed by atoms with Crippen LogP contribution >= 0.6 is 11.3 Å². The first kappa shape index (κ1) is 31.2. The van der Waals surface area contributed by atoms with E-state index in [9.17, 15) is 0 Å². The van der Waals surface area contributed by atoms with E-state index < -0.39 is 0 Å². The van der Waals surface area contributed by atoms with Crippen molar-refractivity contribution in [2.75, 3.05) is 4.90 Å². The molecule has 5 heteroatoms. The van der Waals surface area contributed by atoms with E-state index in [1.807, 2.05) is 24.3 Å². The number of hydrogen-bond acceptors (Lipinski definition) is 5. The highest BCUT2D eigenvalue weighted by Gasteiger charge is 2.19. The molecule has 3 heterocycles. The minimum atomic E-state index is 0.848. The van der Waals surface area contributed by atoms with Crippen molar-refractivity contribution in [2.24, 2.45) is 0 Å². The Labute approximate surface area is 325 Å². The molecule has 0 N–H and O–H groups in total. The second-order valence-corrected chi connectivity index (χ2v) is 15.3. The standard InChI is InChI=1S/C51H30N2O2S/c1-2-8-31(9-3-1)32-14-18-35(19-15-32)51-52-44-27-21-34-17-16-33-20-22-36(28-43(33)49(34)50(44)56-51)53(37-23-25-41-39-10-4-6-12-45(39)54-47(41)29-37)38-24-26-42-40-11-5-7-13-46(40)55-48(42)30-38/h1-30H. The Morgan fingerprint density at radius 2 is 0.911 bits per heavy atom. The minimum absolute atomic E-state index is 0.848. The first-order valence-electron chi connectivity index (χ1n) is 18.8. The van der Waals surface area contributed by atoms with E-state index in [1.165, 1.54) is 37.4 Å². The third kappa shape index (κ3) is 4.88. The number of fused-ring (bicyclic) bond motifs is 11. The average molecular weight is 735 g/mol. The van der Waals surface area contributed by atoms with E-state index >= 15 is 0 Å². The van der Waals surface area contributed by atoms with E-state index in [-0.39, 0.29) is 0 Å². The smallest absolute Gasteiger partial charge is 0.137 e. The fourth-order valence-electron chi connectivity index (χ4n) is 8.36. The van der Waals surface area contributed by atoms with Gasteiger partial charge in [-0.2, -0.15) is 0 Å². The highest BCUT2D eigenvalue weighted by molar-refractivity contribution is 7.22. The number of thiazole rings is 1. The van der Waals surface area contributed by atoms with Crippen molar-refractivity contribution < 1.29 is 8.83 Å². The summed E-state index contributed by atoms with van der Waals surface area (Å²) in [6.07, 6.45) is 0. The highest BCUT2D eigenvalue weighted by atomic mass is 32.1. The summed E-state index contributed by atoms with van der Waals surface area (Å²) in [5, 5.41) is 10.2. The molecule has 4 nitrogen and oxygen atoms in total. The molecule has 0 amide bonds. The third-order valence-corrected chi connectivity index (χ3v) is 12.2. The van der Waals surface area contributed by atoms with Crippen LogP contribution in [-0.2, 0) is 0 Å². The van der Waals surface area contributed by atoms with E-state index in [0.29, 0.717) is 0 Å². The maximum Gasteiger partial charge on any atom is 0.137 e. The van der Waals surface area contributed by atoms with Gasteiger partial charge in [-0.15, -0.1) is 11.3 Å². The zero-order valence-electron chi connectivity index (χ0n) is 29.9. The van der Waals surface area contributed by atoms with Crippen molar-refractivity contribution in [3.8, 4) is 21.7 Å². The Bertz CT molecular complexity index is 3370. The molecule has 0 atom stereocenters. The fraction of sp³-hybridized carbons (Fsp3) is 0. The largest absolute Gasteiger partial charge is 0.456 e. The van der Waals surface area contributed by atoms with E-state index in [1.54, 1.807) is 11.3 Å². The first-order chi connectivity index (χ1) is 27.7. The van der Waals surface area contributed by atoms with Gasteiger partial charge in [0.05, 0.1) is 10.2 Å². The van der Waals surface area contributed by atoms with E-state index in [4.69, 9.17) is 13.8 Å². The molecule has 12 rings (SSSR count). The monoisotopic (exact) mass is 734 g/mol. The summed E-state index contributed by atoms with van der Waals surface area (Å²) >= 11 is 1.76. The van der Waals surface area contributed by atoms with Crippen molar-refractivity contribution in [3.63, 3.8) is 0 Å². The van der Waals surface area contributed by atoms with Crippen LogP contribution in [0.1, 0.15) is 0 Å². The number of hydrogen-bond donors (Lipinski definition) is 0. The van der Waals surface area contributed by atoms with Crippen LogP contribution in [0.3, 0.4) is 0 Å². The predicted octanol–water partition coefficient (Wildman–Crippen LogP) is 15.2. The number of para-hydroxylation sites is 2. The predicted molar refractivity (Wildman–Crippen MR) is 235 cm³/mol. The summed E-state index contributed by atoms with van der Waals surface area (Å²) in [7, 11) is 0. The van der Waals surface area contributed by atoms with Crippen LogP contribution in [0.15, 0.2) is 191 Å². The van der Waals surface area contributed by atoms with E-state index in [0.717, 1.165) is 77.0 Å². The number of aromatic nitrogens is 1. The van der Waals surface area contributed by atoms with Crippen LogP contribution in [0.5, 0.6) is 0 Å². The lowest BCUT2D eigenvalue weighted by Crippen LogP contribution is -2.09. The summed E-state index contributed by atoms with van der Waals surface area (Å²) in [5.41, 5.74) is 11.0. The summed E-state index contributed by atoms with van der Waals surface area (Å²) in [6, 6.07) is 64.4. The molecule has 0 saturated heterocycles. The van der Waals surface area contributed by atoms with E-state index in [2.05, 4.69) is 163 Å². The Hall–Kier alpha value is -7.21. The number of furan rings is 2. The molecule has 0 aliphatic heterocycles. The molecule has 56 heavy (non-hydrogen) atoms. The van der Waals surface area contributed by atoms with Gasteiger partial charge in [0, 0.05) is 61.7 Å². The normalized spacial score (nSPS) is 11.9. The average Bonchev–Trinajstić information content (AvgIpc) is 3.97. The van der Waals surface area contributed by atoms with Gasteiger partial charge in [-0.1, -0.05) is 115 Å². The van der Waals surface area contributed by atoms with Crippen molar-refractivity contribution in [1.82, 2.24) is 4.98 Å². The van der Waals surface area contributed by atoms with Crippen LogP contribution in [0.4, 0.5) is 17.1 Å². The molecule has 0 spiro atoms. The molecule has 262 valence electrons. The van der Waals surface area contributed by atoms with Crippen LogP contribution in [0.2, 0.25) is 0 Å². The summed E-state index contributed by atoms with van der Waals surface area (Å²) in [5.74, 6) is 0. The van der Waals surface area contributed by atoms with Gasteiger partial charge in [-0.05, 0) is 81.9 Å². The van der Waals surface area contributed by atoms with Gasteiger partial charge in [0.2, 0.25) is 0 Å². The number of rotatable bonds is 5. The van der Waals surface area contributed by atoms with Gasteiger partial charge in [0.1, 0.15) is 27.3 Å². The molecular weight excluding hydrogens is 705 g/mol. The zero-order valence-corrected chi connectivity index (χ0v) is 30.8. The lowest BCUT2D eigenvalue weighted by molar-refractivity contribution is 0.669. The van der Waals surface area contributed by atoms with Crippen LogP contribution in [0, 0.1) is 0 Å². The molecular formula is C51H30N2O2S. The number of benzene rings is 9. The minimum Gasteiger partial charge on any atom is -0.456 e. The Morgan fingerprint density at radius 3 is 1.61 bits per heavy atom. The number of anilines is 3. The van der Waals surface area contributed by atoms with Crippen LogP contribution in [0.25, 0.3) is 97.3 Å². The molecule has 0 aliphatic carbocycles. The van der Waals surface area contributed by atoms with Crippen LogP contribution < -0.4 is 4.90 Å². The Kier molecular flexibility index (Phi) is 6.76. The Morgan fingerprint density at radius 1 is 0.393 bits per heavy atom. The summed E-state index contributed by atoms with van der Waals surface area (Å²) in [6.45, 7) is 0. The maximum absolute atomic E-state index is 6.42. The zero-order chi connectivity index (χ0) is 36.7. The van der Waals surface area contributed by atoms with Gasteiger partial charge in [0.25, 0.3) is 0 Å². The first-order valence-corrected chi connectivity index (χ1v) is 19.6. The van der Waals surface area contributed by atoms with Crippen molar-refractivity contribution in [2.45, 2.75) is 0 Å². The van der Waals surface area contributed by atoms with Crippen LogP contribution in [-0.4, -0.2) is 4.98 Å². The second kappa shape index (κ2) is 12.2. The lowest BCUT2D eigenvalue weighted by atomic mass is 10.0. The van der Waals surface area contributed by atoms with Gasteiger partial charge < -0.3 is 13.7 Å². The Balaban J connectivity index is 1.05. The molecule has 0 saturated carbocycles. The quantitative estimate of drug-likeness (QED) is 0.165. The molecule has 3 aromatic heterocycles. The van der Waals surface area contributed by atoms with Gasteiger partial charge in [-0.25, -0.2) is 4.98 Å². The topological polar surface area (TPSA) is 42.4 Å². The number of nitrogens with zero attached hydrogens (tertiary/aromatic N) is 2. The van der Waals surface area contributed by atoms with Crippen molar-refractivity contribution >= 4 is 104 Å². The molecule has 0 aliphatic rings. The lowest BCUT2D eigenvalue weighted by Gasteiger charge is -2.26. The van der Waals surface area contributed by atoms with Gasteiger partial charge in [0.15, 0.2) is 0 Å². The summed E-state index contributed by atoms with van der Waals surface area (Å²) in [4.78, 5) is 7.49. The highest BCUT2D eigenvalue weighted by Crippen LogP contribution is 2.44. The third-order valence-electron chi connectivity index (χ3n) is 11.1. The molecule has 12 aromatic rings. The second-order valence-electron chi connectivity index (χ2n) is 14.3. The van der Waals surface area contributed by atoms with Gasteiger partial charge >= 0.3 is 0 Å². The van der Waals surface area contributed by atoms with Crippen molar-refractivity contribution in [1.29, 1.82) is 0 Å². The molecule has 0 radical (unpaired) electrons.